The summed E-state index contributed by atoms with van der Waals surface area (Å²) in [6, 6.07) is 8.49. The number of likely N-dealkylation sites (N-methyl/N-ethyl adjacent to an activating group) is 1. The van der Waals surface area contributed by atoms with E-state index in [1.54, 1.807) is 0 Å². The number of likely N-dealkylation sites (tertiary alicyclic amines) is 1. The Balaban J connectivity index is 1.96. The maximum absolute atomic E-state index is 12.2. The molecule has 1 atom stereocenters. The Kier molecular flexibility index (Phi) is 8.06. The minimum Gasteiger partial charge on any atom is -0.378 e. The molecule has 1 aromatic carbocycles. The minimum atomic E-state index is -0.569. The molecule has 1 heterocycles. The zero-order valence-corrected chi connectivity index (χ0v) is 17.0. The molecule has 0 bridgehead atoms. The van der Waals surface area contributed by atoms with Gasteiger partial charge in [-0.25, -0.2) is 0 Å². The second kappa shape index (κ2) is 10.3. The van der Waals surface area contributed by atoms with Crippen LogP contribution >= 0.6 is 0 Å². The quantitative estimate of drug-likeness (QED) is 0.654. The van der Waals surface area contributed by atoms with Crippen molar-refractivity contribution in [3.8, 4) is 0 Å². The summed E-state index contributed by atoms with van der Waals surface area (Å²) in [4.78, 5) is 30.5. The van der Waals surface area contributed by atoms with Gasteiger partial charge in [-0.1, -0.05) is 12.1 Å². The van der Waals surface area contributed by atoms with E-state index in [-0.39, 0.29) is 6.04 Å². The van der Waals surface area contributed by atoms with Crippen molar-refractivity contribution >= 4 is 17.5 Å². The molecule has 7 heteroatoms. The third-order valence-electron chi connectivity index (χ3n) is 4.88. The first-order chi connectivity index (χ1) is 12.9. The Hall–Kier alpha value is -2.12. The minimum absolute atomic E-state index is 0.0854. The number of amides is 2. The van der Waals surface area contributed by atoms with Crippen molar-refractivity contribution in [2.24, 2.45) is 0 Å². The van der Waals surface area contributed by atoms with Gasteiger partial charge in [-0.15, -0.1) is 0 Å². The normalized spacial score (nSPS) is 15.6. The topological polar surface area (TPSA) is 67.9 Å². The highest BCUT2D eigenvalue weighted by Gasteiger charge is 2.25. The lowest BCUT2D eigenvalue weighted by atomic mass is 10.0. The molecule has 1 saturated heterocycles. The van der Waals surface area contributed by atoms with Crippen LogP contribution in [0.25, 0.3) is 0 Å². The Labute approximate surface area is 162 Å². The highest BCUT2D eigenvalue weighted by molar-refractivity contribution is 6.35. The Bertz CT molecular complexity index is 609. The standard InChI is InChI=1S/C20H33N5O2/c1-23(2)14-11-21-19(26)20(27)22-15-18(25-12-5-6-13-25)16-7-9-17(10-8-16)24(3)4/h7-10,18H,5-6,11-15H2,1-4H3,(H,21,26)(H,22,27)/t18-/m0/s1. The van der Waals surface area contributed by atoms with Gasteiger partial charge < -0.3 is 20.4 Å². The van der Waals surface area contributed by atoms with Crippen LogP contribution in [0.2, 0.25) is 0 Å². The zero-order chi connectivity index (χ0) is 19.8. The van der Waals surface area contributed by atoms with Crippen molar-refractivity contribution in [1.29, 1.82) is 0 Å². The maximum Gasteiger partial charge on any atom is 0.309 e. The summed E-state index contributed by atoms with van der Waals surface area (Å²) >= 11 is 0. The van der Waals surface area contributed by atoms with Gasteiger partial charge in [-0.2, -0.15) is 0 Å². The van der Waals surface area contributed by atoms with Crippen molar-refractivity contribution in [2.75, 3.05) is 65.8 Å². The lowest BCUT2D eigenvalue weighted by molar-refractivity contribution is -0.139. The molecule has 0 radical (unpaired) electrons. The van der Waals surface area contributed by atoms with Crippen LogP contribution < -0.4 is 15.5 Å². The zero-order valence-electron chi connectivity index (χ0n) is 17.0. The number of rotatable bonds is 8. The Morgan fingerprint density at radius 3 is 2.15 bits per heavy atom. The van der Waals surface area contributed by atoms with E-state index in [4.69, 9.17) is 0 Å². The molecule has 0 aliphatic carbocycles. The first kappa shape index (κ1) is 21.2. The number of benzene rings is 1. The second-order valence-electron chi connectivity index (χ2n) is 7.51. The smallest absolute Gasteiger partial charge is 0.309 e. The SMILES string of the molecule is CN(C)CCNC(=O)C(=O)NC[C@@H](c1ccc(N(C)C)cc1)N1CCCC1. The Morgan fingerprint density at radius 2 is 1.59 bits per heavy atom. The number of hydrogen-bond donors (Lipinski definition) is 2. The summed E-state index contributed by atoms with van der Waals surface area (Å²) in [5.41, 5.74) is 2.30. The molecule has 2 amide bonds. The van der Waals surface area contributed by atoms with E-state index in [1.807, 2.05) is 33.1 Å². The van der Waals surface area contributed by atoms with E-state index >= 15 is 0 Å². The number of carbonyl (C=O) groups is 2. The van der Waals surface area contributed by atoms with E-state index in [2.05, 4.69) is 44.7 Å². The Morgan fingerprint density at radius 1 is 1.00 bits per heavy atom. The van der Waals surface area contributed by atoms with Gasteiger partial charge in [0.1, 0.15) is 0 Å². The van der Waals surface area contributed by atoms with Gasteiger partial charge in [-0.3, -0.25) is 14.5 Å². The summed E-state index contributed by atoms with van der Waals surface area (Å²) in [7, 11) is 7.88. The van der Waals surface area contributed by atoms with Crippen LogP contribution in [-0.2, 0) is 9.59 Å². The molecule has 0 spiro atoms. The number of hydrogen-bond acceptors (Lipinski definition) is 5. The lowest BCUT2D eigenvalue weighted by Crippen LogP contribution is -2.45. The summed E-state index contributed by atoms with van der Waals surface area (Å²) < 4.78 is 0. The average molecular weight is 376 g/mol. The van der Waals surface area contributed by atoms with Crippen molar-refractivity contribution in [3.05, 3.63) is 29.8 Å². The van der Waals surface area contributed by atoms with E-state index in [0.29, 0.717) is 19.6 Å². The molecule has 0 aromatic heterocycles. The highest BCUT2D eigenvalue weighted by atomic mass is 16.2. The van der Waals surface area contributed by atoms with E-state index in [9.17, 15) is 9.59 Å². The van der Waals surface area contributed by atoms with Gasteiger partial charge in [0.15, 0.2) is 0 Å². The molecule has 27 heavy (non-hydrogen) atoms. The number of carbonyl (C=O) groups excluding carboxylic acids is 2. The summed E-state index contributed by atoms with van der Waals surface area (Å²) in [6.45, 7) is 3.63. The molecule has 0 saturated carbocycles. The number of nitrogens with zero attached hydrogens (tertiary/aromatic N) is 3. The predicted octanol–water partition coefficient (Wildman–Crippen LogP) is 0.684. The van der Waals surface area contributed by atoms with Crippen LogP contribution in [0.5, 0.6) is 0 Å². The molecular formula is C20H33N5O2. The molecule has 1 aliphatic heterocycles. The van der Waals surface area contributed by atoms with Gasteiger partial charge in [0.2, 0.25) is 0 Å². The van der Waals surface area contributed by atoms with E-state index in [0.717, 1.165) is 24.3 Å². The number of anilines is 1. The highest BCUT2D eigenvalue weighted by Crippen LogP contribution is 2.26. The fourth-order valence-electron chi connectivity index (χ4n) is 3.25. The summed E-state index contributed by atoms with van der Waals surface area (Å²) in [5.74, 6) is -1.14. The molecule has 2 rings (SSSR count). The first-order valence-corrected chi connectivity index (χ1v) is 9.60. The molecule has 7 nitrogen and oxygen atoms in total. The van der Waals surface area contributed by atoms with Crippen LogP contribution in [0, 0.1) is 0 Å². The van der Waals surface area contributed by atoms with Crippen LogP contribution in [0.3, 0.4) is 0 Å². The van der Waals surface area contributed by atoms with Crippen LogP contribution in [0.1, 0.15) is 24.4 Å². The summed E-state index contributed by atoms with van der Waals surface area (Å²) in [5, 5.41) is 5.47. The van der Waals surface area contributed by atoms with Crippen molar-refractivity contribution in [2.45, 2.75) is 18.9 Å². The third kappa shape index (κ3) is 6.52. The van der Waals surface area contributed by atoms with Gasteiger partial charge in [-0.05, 0) is 57.7 Å². The van der Waals surface area contributed by atoms with Crippen molar-refractivity contribution in [1.82, 2.24) is 20.4 Å². The van der Waals surface area contributed by atoms with Gasteiger partial charge in [0, 0.05) is 39.4 Å². The van der Waals surface area contributed by atoms with Gasteiger partial charge >= 0.3 is 11.8 Å². The monoisotopic (exact) mass is 375 g/mol. The molecule has 1 fully saturated rings. The summed E-state index contributed by atoms with van der Waals surface area (Å²) in [6.07, 6.45) is 2.34. The van der Waals surface area contributed by atoms with Gasteiger partial charge in [0.05, 0.1) is 6.04 Å². The largest absolute Gasteiger partial charge is 0.378 e. The van der Waals surface area contributed by atoms with Crippen molar-refractivity contribution in [3.63, 3.8) is 0 Å². The lowest BCUT2D eigenvalue weighted by Gasteiger charge is -2.28. The number of nitrogens with one attached hydrogen (secondary N) is 2. The predicted molar refractivity (Wildman–Crippen MR) is 109 cm³/mol. The molecule has 2 N–H and O–H groups in total. The fraction of sp³-hybridized carbons (Fsp3) is 0.600. The van der Waals surface area contributed by atoms with Gasteiger partial charge in [0.25, 0.3) is 0 Å². The van der Waals surface area contributed by atoms with E-state index < -0.39 is 11.8 Å². The van der Waals surface area contributed by atoms with Crippen LogP contribution in [0.15, 0.2) is 24.3 Å². The van der Waals surface area contributed by atoms with Crippen LogP contribution in [0.4, 0.5) is 5.69 Å². The van der Waals surface area contributed by atoms with Crippen molar-refractivity contribution < 1.29 is 9.59 Å². The fourth-order valence-corrected chi connectivity index (χ4v) is 3.25. The molecule has 150 valence electrons. The molecule has 1 aromatic rings. The molecule has 0 unspecified atom stereocenters. The second-order valence-corrected chi connectivity index (χ2v) is 7.51. The molecular weight excluding hydrogens is 342 g/mol. The molecule has 1 aliphatic rings. The first-order valence-electron chi connectivity index (χ1n) is 9.60. The van der Waals surface area contributed by atoms with Crippen LogP contribution in [-0.4, -0.2) is 82.5 Å². The van der Waals surface area contributed by atoms with E-state index in [1.165, 1.54) is 12.8 Å². The maximum atomic E-state index is 12.2. The average Bonchev–Trinajstić information content (AvgIpc) is 3.16. The third-order valence-corrected chi connectivity index (χ3v) is 4.88.